The van der Waals surface area contributed by atoms with E-state index >= 15 is 0 Å². The molecule has 0 aromatic heterocycles. The zero-order valence-electron chi connectivity index (χ0n) is 10.7. The van der Waals surface area contributed by atoms with E-state index in [1.54, 1.807) is 19.2 Å². The standard InChI is InChI=1S/C13H18FNO3/c1-15-9-10-5-6-12(11(14)8-10)18-7-3-4-13(16)17-2/h5-6,8,15H,3-4,7,9H2,1-2H3. The van der Waals surface area contributed by atoms with Gasteiger partial charge in [-0.05, 0) is 31.2 Å². The summed E-state index contributed by atoms with van der Waals surface area (Å²) >= 11 is 0. The number of rotatable bonds is 7. The first-order valence-electron chi connectivity index (χ1n) is 5.80. The van der Waals surface area contributed by atoms with Gasteiger partial charge in [-0.3, -0.25) is 4.79 Å². The van der Waals surface area contributed by atoms with Crippen molar-refractivity contribution in [2.45, 2.75) is 19.4 Å². The van der Waals surface area contributed by atoms with Gasteiger partial charge < -0.3 is 14.8 Å². The molecule has 0 fully saturated rings. The SMILES string of the molecule is CNCc1ccc(OCCCC(=O)OC)c(F)c1. The van der Waals surface area contributed by atoms with Crippen molar-refractivity contribution in [2.24, 2.45) is 0 Å². The van der Waals surface area contributed by atoms with Crippen molar-refractivity contribution in [3.05, 3.63) is 29.6 Å². The molecular formula is C13H18FNO3. The first-order chi connectivity index (χ1) is 8.67. The fraction of sp³-hybridized carbons (Fsp3) is 0.462. The van der Waals surface area contributed by atoms with Gasteiger partial charge >= 0.3 is 5.97 Å². The number of hydrogen-bond acceptors (Lipinski definition) is 4. The minimum absolute atomic E-state index is 0.208. The zero-order chi connectivity index (χ0) is 13.4. The molecule has 5 heteroatoms. The summed E-state index contributed by atoms with van der Waals surface area (Å²) < 4.78 is 23.3. The van der Waals surface area contributed by atoms with Crippen LogP contribution in [0, 0.1) is 5.82 Å². The van der Waals surface area contributed by atoms with Crippen LogP contribution in [0.25, 0.3) is 0 Å². The summed E-state index contributed by atoms with van der Waals surface area (Å²) in [5, 5.41) is 2.94. The lowest BCUT2D eigenvalue weighted by atomic mass is 10.2. The van der Waals surface area contributed by atoms with E-state index in [0.29, 0.717) is 13.0 Å². The Labute approximate surface area is 106 Å². The molecule has 0 aliphatic carbocycles. The minimum Gasteiger partial charge on any atom is -0.491 e. The Morgan fingerprint density at radius 3 is 2.83 bits per heavy atom. The third-order valence-electron chi connectivity index (χ3n) is 2.39. The van der Waals surface area contributed by atoms with Crippen LogP contribution in [0.5, 0.6) is 5.75 Å². The number of carbonyl (C=O) groups is 1. The lowest BCUT2D eigenvalue weighted by molar-refractivity contribution is -0.140. The number of esters is 1. The molecule has 1 aromatic carbocycles. The fourth-order valence-corrected chi connectivity index (χ4v) is 1.48. The van der Waals surface area contributed by atoms with Gasteiger partial charge in [-0.15, -0.1) is 0 Å². The van der Waals surface area contributed by atoms with Gasteiger partial charge in [0.2, 0.25) is 0 Å². The van der Waals surface area contributed by atoms with Crippen LogP contribution in [-0.2, 0) is 16.1 Å². The number of carbonyl (C=O) groups excluding carboxylic acids is 1. The second-order valence-corrected chi connectivity index (χ2v) is 3.82. The Kier molecular flexibility index (Phi) is 6.14. The molecule has 4 nitrogen and oxygen atoms in total. The molecule has 0 aliphatic heterocycles. The summed E-state index contributed by atoms with van der Waals surface area (Å²) in [4.78, 5) is 10.8. The minimum atomic E-state index is -0.388. The summed E-state index contributed by atoms with van der Waals surface area (Å²) in [6.45, 7) is 0.900. The molecule has 0 saturated carbocycles. The van der Waals surface area contributed by atoms with Crippen LogP contribution in [-0.4, -0.2) is 26.7 Å². The Balaban J connectivity index is 2.40. The highest BCUT2D eigenvalue weighted by atomic mass is 19.1. The first-order valence-corrected chi connectivity index (χ1v) is 5.80. The topological polar surface area (TPSA) is 47.6 Å². The van der Waals surface area contributed by atoms with Gasteiger partial charge in [0.25, 0.3) is 0 Å². The van der Waals surface area contributed by atoms with Crippen molar-refractivity contribution in [3.63, 3.8) is 0 Å². The molecule has 0 heterocycles. The number of nitrogens with one attached hydrogen (secondary N) is 1. The summed E-state index contributed by atoms with van der Waals surface area (Å²) in [5.41, 5.74) is 0.858. The van der Waals surface area contributed by atoms with E-state index < -0.39 is 0 Å². The number of hydrogen-bond donors (Lipinski definition) is 1. The molecule has 18 heavy (non-hydrogen) atoms. The van der Waals surface area contributed by atoms with Crippen molar-refractivity contribution < 1.29 is 18.7 Å². The highest BCUT2D eigenvalue weighted by molar-refractivity contribution is 5.69. The summed E-state index contributed by atoms with van der Waals surface area (Å²) in [6, 6.07) is 4.83. The fourth-order valence-electron chi connectivity index (χ4n) is 1.48. The Morgan fingerprint density at radius 2 is 2.22 bits per heavy atom. The highest BCUT2D eigenvalue weighted by Gasteiger charge is 2.05. The molecule has 100 valence electrons. The molecule has 0 unspecified atom stereocenters. The van der Waals surface area contributed by atoms with Gasteiger partial charge in [0.1, 0.15) is 0 Å². The first kappa shape index (κ1) is 14.4. The molecule has 1 aromatic rings. The average Bonchev–Trinajstić information content (AvgIpc) is 2.36. The van der Waals surface area contributed by atoms with Crippen LogP contribution in [0.15, 0.2) is 18.2 Å². The number of benzene rings is 1. The predicted octanol–water partition coefficient (Wildman–Crippen LogP) is 1.88. The second-order valence-electron chi connectivity index (χ2n) is 3.82. The summed E-state index contributed by atoms with van der Waals surface area (Å²) in [7, 11) is 3.14. The number of methoxy groups -OCH3 is 1. The Morgan fingerprint density at radius 1 is 1.44 bits per heavy atom. The van der Waals surface area contributed by atoms with Crippen LogP contribution in [0.2, 0.25) is 0 Å². The highest BCUT2D eigenvalue weighted by Crippen LogP contribution is 2.18. The molecule has 0 radical (unpaired) electrons. The maximum absolute atomic E-state index is 13.6. The van der Waals surface area contributed by atoms with Crippen molar-refractivity contribution in [1.82, 2.24) is 5.32 Å². The molecule has 0 aliphatic rings. The van der Waals surface area contributed by atoms with Crippen molar-refractivity contribution in [1.29, 1.82) is 0 Å². The third-order valence-corrected chi connectivity index (χ3v) is 2.39. The lowest BCUT2D eigenvalue weighted by Crippen LogP contribution is -2.07. The van der Waals surface area contributed by atoms with Gasteiger partial charge in [0.05, 0.1) is 13.7 Å². The van der Waals surface area contributed by atoms with Gasteiger partial charge in [0.15, 0.2) is 11.6 Å². The van der Waals surface area contributed by atoms with Gasteiger partial charge in [-0.25, -0.2) is 4.39 Å². The van der Waals surface area contributed by atoms with Crippen molar-refractivity contribution in [2.75, 3.05) is 20.8 Å². The van der Waals surface area contributed by atoms with Crippen LogP contribution in [0.1, 0.15) is 18.4 Å². The van der Waals surface area contributed by atoms with E-state index in [9.17, 15) is 9.18 Å². The number of halogens is 1. The maximum Gasteiger partial charge on any atom is 0.305 e. The van der Waals surface area contributed by atoms with Crippen LogP contribution in [0.4, 0.5) is 4.39 Å². The van der Waals surface area contributed by atoms with E-state index in [-0.39, 0.29) is 30.6 Å². The molecule has 0 atom stereocenters. The Hall–Kier alpha value is -1.62. The molecule has 0 bridgehead atoms. The second kappa shape index (κ2) is 7.66. The largest absolute Gasteiger partial charge is 0.491 e. The molecule has 0 amide bonds. The smallest absolute Gasteiger partial charge is 0.305 e. The van der Waals surface area contributed by atoms with Crippen LogP contribution in [0.3, 0.4) is 0 Å². The Bertz CT molecular complexity index is 396. The van der Waals surface area contributed by atoms with Crippen LogP contribution < -0.4 is 10.1 Å². The summed E-state index contributed by atoms with van der Waals surface area (Å²) in [6.07, 6.45) is 0.778. The van der Waals surface area contributed by atoms with Gasteiger partial charge in [-0.1, -0.05) is 6.07 Å². The van der Waals surface area contributed by atoms with E-state index in [2.05, 4.69) is 10.1 Å². The van der Waals surface area contributed by atoms with Crippen molar-refractivity contribution >= 4 is 5.97 Å². The molecular weight excluding hydrogens is 237 g/mol. The molecule has 1 N–H and O–H groups in total. The molecule has 0 saturated heterocycles. The lowest BCUT2D eigenvalue weighted by Gasteiger charge is -2.08. The van der Waals surface area contributed by atoms with Crippen LogP contribution >= 0.6 is 0 Å². The van der Waals surface area contributed by atoms with Gasteiger partial charge in [0, 0.05) is 13.0 Å². The van der Waals surface area contributed by atoms with E-state index in [1.165, 1.54) is 13.2 Å². The quantitative estimate of drug-likeness (QED) is 0.597. The van der Waals surface area contributed by atoms with E-state index in [4.69, 9.17) is 4.74 Å². The molecule has 0 spiro atoms. The van der Waals surface area contributed by atoms with E-state index in [1.807, 2.05) is 0 Å². The van der Waals surface area contributed by atoms with E-state index in [0.717, 1.165) is 5.56 Å². The number of ether oxygens (including phenoxy) is 2. The summed E-state index contributed by atoms with van der Waals surface area (Å²) in [5.74, 6) is -0.469. The monoisotopic (exact) mass is 255 g/mol. The maximum atomic E-state index is 13.6. The zero-order valence-corrected chi connectivity index (χ0v) is 10.7. The average molecular weight is 255 g/mol. The third kappa shape index (κ3) is 4.71. The van der Waals surface area contributed by atoms with Crippen molar-refractivity contribution in [3.8, 4) is 5.75 Å². The normalized spacial score (nSPS) is 10.2. The predicted molar refractivity (Wildman–Crippen MR) is 65.9 cm³/mol. The van der Waals surface area contributed by atoms with Gasteiger partial charge in [-0.2, -0.15) is 0 Å². The molecule has 1 rings (SSSR count).